The van der Waals surface area contributed by atoms with E-state index in [1.807, 2.05) is 36.1 Å². The maximum atomic E-state index is 12.6. The molecule has 2 heterocycles. The maximum Gasteiger partial charge on any atom is 0.321 e. The van der Waals surface area contributed by atoms with Gasteiger partial charge >= 0.3 is 6.03 Å². The monoisotopic (exact) mass is 405 g/mol. The number of urea groups is 1. The SMILES string of the molecule is CCc1ccc(NC(=O)N2CCN(c3ccc(-c4noc(CC)n4)cc3)CC2)cc1. The zero-order valence-corrected chi connectivity index (χ0v) is 17.5. The summed E-state index contributed by atoms with van der Waals surface area (Å²) in [6.45, 7) is 7.07. The van der Waals surface area contributed by atoms with Crippen LogP contribution in [0, 0.1) is 0 Å². The molecule has 3 aromatic rings. The van der Waals surface area contributed by atoms with Crippen molar-refractivity contribution >= 4 is 17.4 Å². The molecule has 0 radical (unpaired) electrons. The minimum Gasteiger partial charge on any atom is -0.368 e. The Kier molecular flexibility index (Phi) is 5.97. The molecule has 2 aromatic carbocycles. The Labute approximate surface area is 176 Å². The maximum absolute atomic E-state index is 12.6. The molecular weight excluding hydrogens is 378 g/mol. The highest BCUT2D eigenvalue weighted by Gasteiger charge is 2.21. The van der Waals surface area contributed by atoms with Gasteiger partial charge in [-0.2, -0.15) is 4.98 Å². The Balaban J connectivity index is 1.31. The van der Waals surface area contributed by atoms with Crippen LogP contribution in [-0.4, -0.2) is 47.3 Å². The van der Waals surface area contributed by atoms with Gasteiger partial charge in [0.15, 0.2) is 0 Å². The molecule has 0 bridgehead atoms. The van der Waals surface area contributed by atoms with Crippen LogP contribution in [0.5, 0.6) is 0 Å². The van der Waals surface area contributed by atoms with Gasteiger partial charge in [-0.25, -0.2) is 4.79 Å². The molecule has 1 aromatic heterocycles. The van der Waals surface area contributed by atoms with E-state index in [4.69, 9.17) is 4.52 Å². The topological polar surface area (TPSA) is 74.5 Å². The fourth-order valence-electron chi connectivity index (χ4n) is 3.53. The number of piperazine rings is 1. The number of hydrogen-bond acceptors (Lipinski definition) is 5. The number of anilines is 2. The van der Waals surface area contributed by atoms with Crippen molar-refractivity contribution in [2.24, 2.45) is 0 Å². The average molecular weight is 406 g/mol. The highest BCUT2D eigenvalue weighted by atomic mass is 16.5. The fraction of sp³-hybridized carbons (Fsp3) is 0.348. The molecular formula is C23H27N5O2. The van der Waals surface area contributed by atoms with E-state index in [9.17, 15) is 4.79 Å². The van der Waals surface area contributed by atoms with Crippen molar-refractivity contribution in [1.82, 2.24) is 15.0 Å². The third kappa shape index (κ3) is 4.45. The number of benzene rings is 2. The van der Waals surface area contributed by atoms with Crippen molar-refractivity contribution < 1.29 is 9.32 Å². The predicted molar refractivity (Wildman–Crippen MR) is 118 cm³/mol. The molecule has 1 N–H and O–H groups in total. The van der Waals surface area contributed by atoms with Gasteiger partial charge in [0.2, 0.25) is 11.7 Å². The lowest BCUT2D eigenvalue weighted by Gasteiger charge is -2.36. The van der Waals surface area contributed by atoms with Crippen LogP contribution in [0.4, 0.5) is 16.2 Å². The van der Waals surface area contributed by atoms with Gasteiger partial charge in [0.05, 0.1) is 0 Å². The lowest BCUT2D eigenvalue weighted by Crippen LogP contribution is -2.50. The fourth-order valence-corrected chi connectivity index (χ4v) is 3.53. The van der Waals surface area contributed by atoms with E-state index in [-0.39, 0.29) is 6.03 Å². The van der Waals surface area contributed by atoms with Gasteiger partial charge < -0.3 is 19.6 Å². The molecule has 4 rings (SSSR count). The van der Waals surface area contributed by atoms with Crippen molar-refractivity contribution in [2.75, 3.05) is 36.4 Å². The smallest absolute Gasteiger partial charge is 0.321 e. The standard InChI is InChI=1S/C23H27N5O2/c1-3-17-5-9-19(10-6-17)24-23(29)28-15-13-27(14-16-28)20-11-7-18(8-12-20)22-25-21(4-2)30-26-22/h5-12H,3-4,13-16H2,1-2H3,(H,24,29). The third-order valence-corrected chi connectivity index (χ3v) is 5.44. The summed E-state index contributed by atoms with van der Waals surface area (Å²) >= 11 is 0. The number of nitrogens with zero attached hydrogens (tertiary/aromatic N) is 4. The third-order valence-electron chi connectivity index (χ3n) is 5.44. The summed E-state index contributed by atoms with van der Waals surface area (Å²) < 4.78 is 5.19. The van der Waals surface area contributed by atoms with Gasteiger partial charge in [0.25, 0.3) is 0 Å². The van der Waals surface area contributed by atoms with Crippen molar-refractivity contribution in [3.8, 4) is 11.4 Å². The Morgan fingerprint density at radius 3 is 2.27 bits per heavy atom. The van der Waals surface area contributed by atoms with Gasteiger partial charge in [-0.05, 0) is 48.4 Å². The molecule has 0 saturated carbocycles. The minimum absolute atomic E-state index is 0.0434. The van der Waals surface area contributed by atoms with E-state index in [0.717, 1.165) is 42.9 Å². The van der Waals surface area contributed by atoms with Crippen LogP contribution in [0.3, 0.4) is 0 Å². The van der Waals surface area contributed by atoms with E-state index in [2.05, 4.69) is 51.5 Å². The Hall–Kier alpha value is -3.35. The summed E-state index contributed by atoms with van der Waals surface area (Å²) in [5.74, 6) is 1.26. The molecule has 0 aliphatic carbocycles. The molecule has 1 fully saturated rings. The van der Waals surface area contributed by atoms with Crippen LogP contribution in [0.2, 0.25) is 0 Å². The normalized spacial score (nSPS) is 14.1. The van der Waals surface area contributed by atoms with Gasteiger partial charge in [0, 0.05) is 49.5 Å². The summed E-state index contributed by atoms with van der Waals surface area (Å²) in [4.78, 5) is 21.1. The molecule has 7 heteroatoms. The van der Waals surface area contributed by atoms with Crippen molar-refractivity contribution in [3.63, 3.8) is 0 Å². The zero-order valence-electron chi connectivity index (χ0n) is 17.5. The number of aromatic nitrogens is 2. The Bertz CT molecular complexity index is 974. The van der Waals surface area contributed by atoms with Crippen molar-refractivity contribution in [1.29, 1.82) is 0 Å². The summed E-state index contributed by atoms with van der Waals surface area (Å²) in [5, 5.41) is 7.02. The van der Waals surface area contributed by atoms with E-state index in [0.29, 0.717) is 24.8 Å². The first-order chi connectivity index (χ1) is 14.7. The number of aryl methyl sites for hydroxylation is 2. The molecule has 7 nitrogen and oxygen atoms in total. The molecule has 0 atom stereocenters. The van der Waals surface area contributed by atoms with Gasteiger partial charge in [-0.3, -0.25) is 0 Å². The molecule has 0 unspecified atom stereocenters. The summed E-state index contributed by atoms with van der Waals surface area (Å²) in [6, 6.07) is 16.1. The number of amides is 2. The second-order valence-corrected chi connectivity index (χ2v) is 7.37. The Morgan fingerprint density at radius 2 is 1.67 bits per heavy atom. The summed E-state index contributed by atoms with van der Waals surface area (Å²) in [5.41, 5.74) is 4.17. The predicted octanol–water partition coefficient (Wildman–Crippen LogP) is 4.22. The van der Waals surface area contributed by atoms with E-state index >= 15 is 0 Å². The number of carbonyl (C=O) groups excluding carboxylic acids is 1. The quantitative estimate of drug-likeness (QED) is 0.688. The van der Waals surface area contributed by atoms with E-state index in [1.165, 1.54) is 5.56 Å². The first kappa shape index (κ1) is 19.9. The molecule has 0 spiro atoms. The number of carbonyl (C=O) groups is 1. The number of hydrogen-bond donors (Lipinski definition) is 1. The average Bonchev–Trinajstić information content (AvgIpc) is 3.29. The van der Waals surface area contributed by atoms with Crippen molar-refractivity contribution in [3.05, 3.63) is 60.0 Å². The molecule has 30 heavy (non-hydrogen) atoms. The van der Waals surface area contributed by atoms with Gasteiger partial charge in [-0.1, -0.05) is 31.1 Å². The van der Waals surface area contributed by atoms with Crippen LogP contribution in [0.1, 0.15) is 25.3 Å². The molecule has 2 amide bonds. The highest BCUT2D eigenvalue weighted by molar-refractivity contribution is 5.89. The van der Waals surface area contributed by atoms with E-state index < -0.39 is 0 Å². The van der Waals surface area contributed by atoms with Gasteiger partial charge in [0.1, 0.15) is 0 Å². The van der Waals surface area contributed by atoms with Crippen LogP contribution >= 0.6 is 0 Å². The van der Waals surface area contributed by atoms with Crippen LogP contribution in [0.15, 0.2) is 53.1 Å². The summed E-state index contributed by atoms with van der Waals surface area (Å²) in [6.07, 6.45) is 1.72. The first-order valence-electron chi connectivity index (χ1n) is 10.5. The minimum atomic E-state index is -0.0434. The molecule has 156 valence electrons. The highest BCUT2D eigenvalue weighted by Crippen LogP contribution is 2.22. The molecule has 1 aliphatic heterocycles. The van der Waals surface area contributed by atoms with Crippen LogP contribution in [-0.2, 0) is 12.8 Å². The molecule has 1 aliphatic rings. The summed E-state index contributed by atoms with van der Waals surface area (Å²) in [7, 11) is 0. The Morgan fingerprint density at radius 1 is 0.967 bits per heavy atom. The lowest BCUT2D eigenvalue weighted by atomic mass is 10.1. The first-order valence-corrected chi connectivity index (χ1v) is 10.5. The number of nitrogens with one attached hydrogen (secondary N) is 1. The zero-order chi connectivity index (χ0) is 20.9. The van der Waals surface area contributed by atoms with Crippen molar-refractivity contribution in [2.45, 2.75) is 26.7 Å². The van der Waals surface area contributed by atoms with E-state index in [1.54, 1.807) is 0 Å². The second-order valence-electron chi connectivity index (χ2n) is 7.37. The number of rotatable bonds is 5. The lowest BCUT2D eigenvalue weighted by molar-refractivity contribution is 0.208. The second kappa shape index (κ2) is 8.98. The molecule has 1 saturated heterocycles. The van der Waals surface area contributed by atoms with Crippen LogP contribution in [0.25, 0.3) is 11.4 Å². The van der Waals surface area contributed by atoms with Crippen LogP contribution < -0.4 is 10.2 Å². The van der Waals surface area contributed by atoms with Gasteiger partial charge in [-0.15, -0.1) is 0 Å². The largest absolute Gasteiger partial charge is 0.368 e.